The van der Waals surface area contributed by atoms with E-state index in [-0.39, 0.29) is 0 Å². The van der Waals surface area contributed by atoms with Crippen LogP contribution in [0.5, 0.6) is 5.75 Å². The molecule has 5 heteroatoms. The summed E-state index contributed by atoms with van der Waals surface area (Å²) in [6.07, 6.45) is 6.51. The molecule has 0 aliphatic heterocycles. The summed E-state index contributed by atoms with van der Waals surface area (Å²) in [5, 5.41) is 3.11. The van der Waals surface area contributed by atoms with Crippen molar-refractivity contribution >= 4 is 0 Å². The van der Waals surface area contributed by atoms with Crippen LogP contribution in [-0.2, 0) is 13.1 Å². The third-order valence-electron chi connectivity index (χ3n) is 2.79. The van der Waals surface area contributed by atoms with Gasteiger partial charge in [-0.1, -0.05) is 0 Å². The van der Waals surface area contributed by atoms with Crippen LogP contribution in [0, 0.1) is 6.92 Å². The van der Waals surface area contributed by atoms with Gasteiger partial charge in [-0.15, -0.1) is 0 Å². The fourth-order valence-corrected chi connectivity index (χ4v) is 1.87. The molecule has 2 aromatic heterocycles. The van der Waals surface area contributed by atoms with Gasteiger partial charge in [-0.3, -0.25) is 4.98 Å². The summed E-state index contributed by atoms with van der Waals surface area (Å²) in [7, 11) is 1.91. The number of aromatic nitrogens is 3. The standard InChI is InChI=1S/C14H20N4O/c1-12-4-5-14(13(17-12)10-15-2)19-9-3-7-18-8-6-16-11-18/h4-6,8,11,15H,3,7,9-10H2,1-2H3. The first kappa shape index (κ1) is 13.5. The van der Waals surface area contributed by atoms with E-state index in [1.807, 2.05) is 43.2 Å². The largest absolute Gasteiger partial charge is 0.492 e. The highest BCUT2D eigenvalue weighted by Crippen LogP contribution is 2.17. The van der Waals surface area contributed by atoms with Crippen LogP contribution in [0.3, 0.4) is 0 Å². The van der Waals surface area contributed by atoms with Gasteiger partial charge in [-0.2, -0.15) is 0 Å². The number of hydrogen-bond donors (Lipinski definition) is 1. The molecule has 0 saturated carbocycles. The Morgan fingerprint density at radius 1 is 1.37 bits per heavy atom. The molecule has 2 heterocycles. The minimum absolute atomic E-state index is 0.680. The van der Waals surface area contributed by atoms with Crippen molar-refractivity contribution in [1.29, 1.82) is 0 Å². The lowest BCUT2D eigenvalue weighted by atomic mass is 10.3. The Balaban J connectivity index is 1.84. The van der Waals surface area contributed by atoms with Crippen molar-refractivity contribution in [3.05, 3.63) is 42.2 Å². The lowest BCUT2D eigenvalue weighted by Gasteiger charge is -2.11. The first-order chi connectivity index (χ1) is 9.29. The maximum atomic E-state index is 5.81. The van der Waals surface area contributed by atoms with Gasteiger partial charge in [0, 0.05) is 31.2 Å². The van der Waals surface area contributed by atoms with Gasteiger partial charge in [-0.25, -0.2) is 4.98 Å². The molecule has 1 N–H and O–H groups in total. The Bertz CT molecular complexity index is 496. The summed E-state index contributed by atoms with van der Waals surface area (Å²) in [6.45, 7) is 4.31. The average molecular weight is 260 g/mol. The summed E-state index contributed by atoms with van der Waals surface area (Å²) in [5.41, 5.74) is 1.97. The Morgan fingerprint density at radius 3 is 3.00 bits per heavy atom. The van der Waals surface area contributed by atoms with Crippen molar-refractivity contribution in [3.63, 3.8) is 0 Å². The number of aryl methyl sites for hydroxylation is 2. The second kappa shape index (κ2) is 6.89. The molecule has 5 nitrogen and oxygen atoms in total. The zero-order chi connectivity index (χ0) is 13.5. The van der Waals surface area contributed by atoms with Crippen molar-refractivity contribution in [1.82, 2.24) is 19.9 Å². The Hall–Kier alpha value is -1.88. The molecule has 0 saturated heterocycles. The molecule has 2 rings (SSSR count). The summed E-state index contributed by atoms with van der Waals surface area (Å²) in [4.78, 5) is 8.50. The molecule has 0 spiro atoms. The van der Waals surface area contributed by atoms with Gasteiger partial charge in [-0.05, 0) is 32.5 Å². The van der Waals surface area contributed by atoms with Crippen molar-refractivity contribution in [3.8, 4) is 5.75 Å². The van der Waals surface area contributed by atoms with E-state index in [2.05, 4.69) is 15.3 Å². The van der Waals surface area contributed by atoms with E-state index in [1.54, 1.807) is 6.20 Å². The van der Waals surface area contributed by atoms with Gasteiger partial charge >= 0.3 is 0 Å². The highest BCUT2D eigenvalue weighted by molar-refractivity contribution is 5.29. The van der Waals surface area contributed by atoms with Crippen LogP contribution in [0.4, 0.5) is 0 Å². The molecule has 0 aromatic carbocycles. The van der Waals surface area contributed by atoms with Crippen LogP contribution in [0.2, 0.25) is 0 Å². The third-order valence-corrected chi connectivity index (χ3v) is 2.79. The Kier molecular flexibility index (Phi) is 4.92. The highest BCUT2D eigenvalue weighted by Gasteiger charge is 2.05. The van der Waals surface area contributed by atoms with Crippen LogP contribution in [-0.4, -0.2) is 28.2 Å². The summed E-state index contributed by atoms with van der Waals surface area (Å²) < 4.78 is 7.85. The zero-order valence-corrected chi connectivity index (χ0v) is 11.5. The number of rotatable bonds is 7. The lowest BCUT2D eigenvalue weighted by Crippen LogP contribution is -2.11. The number of ether oxygens (including phenoxy) is 1. The maximum Gasteiger partial charge on any atom is 0.142 e. The van der Waals surface area contributed by atoms with Crippen LogP contribution < -0.4 is 10.1 Å². The average Bonchev–Trinajstić information content (AvgIpc) is 2.90. The van der Waals surface area contributed by atoms with E-state index in [0.717, 1.165) is 36.6 Å². The van der Waals surface area contributed by atoms with E-state index in [4.69, 9.17) is 4.74 Å². The van der Waals surface area contributed by atoms with Crippen molar-refractivity contribution in [2.24, 2.45) is 0 Å². The zero-order valence-electron chi connectivity index (χ0n) is 11.5. The van der Waals surface area contributed by atoms with Crippen molar-refractivity contribution < 1.29 is 4.74 Å². The topological polar surface area (TPSA) is 52.0 Å². The van der Waals surface area contributed by atoms with Crippen molar-refractivity contribution in [2.75, 3.05) is 13.7 Å². The molecule has 0 fully saturated rings. The molecule has 0 atom stereocenters. The number of nitrogens with zero attached hydrogens (tertiary/aromatic N) is 3. The summed E-state index contributed by atoms with van der Waals surface area (Å²) in [6, 6.07) is 3.97. The van der Waals surface area contributed by atoms with Gasteiger partial charge in [0.2, 0.25) is 0 Å². The molecular formula is C14H20N4O. The Labute approximate surface area is 113 Å². The van der Waals surface area contributed by atoms with Gasteiger partial charge in [0.1, 0.15) is 5.75 Å². The third kappa shape index (κ3) is 4.06. The Morgan fingerprint density at radius 2 is 2.26 bits per heavy atom. The minimum atomic E-state index is 0.680. The fraction of sp³-hybridized carbons (Fsp3) is 0.429. The molecule has 0 aliphatic rings. The lowest BCUT2D eigenvalue weighted by molar-refractivity contribution is 0.296. The van der Waals surface area contributed by atoms with Crippen LogP contribution in [0.25, 0.3) is 0 Å². The molecule has 19 heavy (non-hydrogen) atoms. The summed E-state index contributed by atoms with van der Waals surface area (Å²) in [5.74, 6) is 0.866. The molecule has 102 valence electrons. The number of pyridine rings is 1. The monoisotopic (exact) mass is 260 g/mol. The predicted octanol–water partition coefficient (Wildman–Crippen LogP) is 1.78. The van der Waals surface area contributed by atoms with E-state index in [1.165, 1.54) is 0 Å². The van der Waals surface area contributed by atoms with Crippen LogP contribution in [0.1, 0.15) is 17.8 Å². The number of imidazole rings is 1. The van der Waals surface area contributed by atoms with E-state index in [0.29, 0.717) is 6.61 Å². The normalized spacial score (nSPS) is 10.6. The molecule has 2 aromatic rings. The molecule has 0 amide bonds. The van der Waals surface area contributed by atoms with Gasteiger partial charge in [0.15, 0.2) is 0 Å². The summed E-state index contributed by atoms with van der Waals surface area (Å²) >= 11 is 0. The second-order valence-electron chi connectivity index (χ2n) is 4.43. The molecule has 0 aliphatic carbocycles. The van der Waals surface area contributed by atoms with Crippen LogP contribution >= 0.6 is 0 Å². The van der Waals surface area contributed by atoms with E-state index < -0.39 is 0 Å². The first-order valence-electron chi connectivity index (χ1n) is 6.49. The molecular weight excluding hydrogens is 240 g/mol. The molecule has 0 bridgehead atoms. The number of hydrogen-bond acceptors (Lipinski definition) is 4. The smallest absolute Gasteiger partial charge is 0.142 e. The van der Waals surface area contributed by atoms with Gasteiger partial charge < -0.3 is 14.6 Å². The van der Waals surface area contributed by atoms with E-state index in [9.17, 15) is 0 Å². The second-order valence-corrected chi connectivity index (χ2v) is 4.43. The predicted molar refractivity (Wildman–Crippen MR) is 74.1 cm³/mol. The van der Waals surface area contributed by atoms with Gasteiger partial charge in [0.25, 0.3) is 0 Å². The van der Waals surface area contributed by atoms with Crippen LogP contribution in [0.15, 0.2) is 30.9 Å². The molecule has 0 unspecified atom stereocenters. The quantitative estimate of drug-likeness (QED) is 0.771. The molecule has 0 radical (unpaired) electrons. The number of nitrogens with one attached hydrogen (secondary N) is 1. The fourth-order valence-electron chi connectivity index (χ4n) is 1.87. The highest BCUT2D eigenvalue weighted by atomic mass is 16.5. The SMILES string of the molecule is CNCc1nc(C)ccc1OCCCn1ccnc1. The first-order valence-corrected chi connectivity index (χ1v) is 6.49. The maximum absolute atomic E-state index is 5.81. The van der Waals surface area contributed by atoms with Gasteiger partial charge in [0.05, 0.1) is 18.6 Å². The minimum Gasteiger partial charge on any atom is -0.492 e. The van der Waals surface area contributed by atoms with Crippen molar-refractivity contribution in [2.45, 2.75) is 26.4 Å². The van der Waals surface area contributed by atoms with E-state index >= 15 is 0 Å².